The van der Waals surface area contributed by atoms with Crippen LogP contribution in [0.25, 0.3) is 0 Å². The molecular weight excluding hydrogens is 264 g/mol. The van der Waals surface area contributed by atoms with Crippen molar-refractivity contribution in [1.29, 1.82) is 0 Å². The second-order valence-corrected chi connectivity index (χ2v) is 4.20. The molecule has 0 atom stereocenters. The van der Waals surface area contributed by atoms with Gasteiger partial charge < -0.3 is 15.2 Å². The van der Waals surface area contributed by atoms with E-state index in [9.17, 15) is 0 Å². The van der Waals surface area contributed by atoms with Crippen molar-refractivity contribution in [3.63, 3.8) is 0 Å². The molecule has 0 aliphatic carbocycles. The van der Waals surface area contributed by atoms with Gasteiger partial charge in [0.15, 0.2) is 0 Å². The molecule has 0 saturated heterocycles. The predicted molar refractivity (Wildman–Crippen MR) is 74.8 cm³/mol. The number of nitrogens with two attached hydrogens (primary N) is 1. The van der Waals surface area contributed by atoms with Crippen molar-refractivity contribution in [1.82, 2.24) is 4.98 Å². The SMILES string of the molecule is CCOc1ccc(Oc2ccc(Cl)c(CN)n2)cc1. The van der Waals surface area contributed by atoms with Crippen LogP contribution in [-0.4, -0.2) is 11.6 Å². The highest BCUT2D eigenvalue weighted by Crippen LogP contribution is 2.24. The Kier molecular flexibility index (Phi) is 4.60. The summed E-state index contributed by atoms with van der Waals surface area (Å²) in [5.41, 5.74) is 6.16. The minimum atomic E-state index is 0.277. The van der Waals surface area contributed by atoms with Crippen LogP contribution in [0.1, 0.15) is 12.6 Å². The molecular formula is C14H15ClN2O2. The van der Waals surface area contributed by atoms with Crippen molar-refractivity contribution in [2.24, 2.45) is 5.73 Å². The number of benzene rings is 1. The first-order chi connectivity index (χ1) is 9.22. The van der Waals surface area contributed by atoms with E-state index in [2.05, 4.69) is 4.98 Å². The van der Waals surface area contributed by atoms with Crippen molar-refractivity contribution in [2.75, 3.05) is 6.61 Å². The molecule has 2 rings (SSSR count). The maximum Gasteiger partial charge on any atom is 0.219 e. The van der Waals surface area contributed by atoms with Gasteiger partial charge in [-0.05, 0) is 37.3 Å². The summed E-state index contributed by atoms with van der Waals surface area (Å²) in [5.74, 6) is 1.96. The van der Waals surface area contributed by atoms with Crippen LogP contribution >= 0.6 is 11.6 Å². The van der Waals surface area contributed by atoms with E-state index in [1.54, 1.807) is 12.1 Å². The predicted octanol–water partition coefficient (Wildman–Crippen LogP) is 3.38. The molecule has 100 valence electrons. The molecule has 1 aromatic heterocycles. The highest BCUT2D eigenvalue weighted by molar-refractivity contribution is 6.31. The Morgan fingerprint density at radius 2 is 1.79 bits per heavy atom. The number of hydrogen-bond acceptors (Lipinski definition) is 4. The van der Waals surface area contributed by atoms with Gasteiger partial charge in [-0.1, -0.05) is 11.6 Å². The Balaban J connectivity index is 2.12. The maximum absolute atomic E-state index is 5.94. The molecule has 0 unspecified atom stereocenters. The lowest BCUT2D eigenvalue weighted by atomic mass is 10.3. The molecule has 19 heavy (non-hydrogen) atoms. The number of ether oxygens (including phenoxy) is 2. The van der Waals surface area contributed by atoms with Crippen molar-refractivity contribution in [3.8, 4) is 17.4 Å². The third-order valence-corrected chi connectivity index (χ3v) is 2.79. The largest absolute Gasteiger partial charge is 0.494 e. The van der Waals surface area contributed by atoms with Crippen LogP contribution in [0.15, 0.2) is 36.4 Å². The second-order valence-electron chi connectivity index (χ2n) is 3.79. The summed E-state index contributed by atoms with van der Waals surface area (Å²) in [4.78, 5) is 4.23. The summed E-state index contributed by atoms with van der Waals surface area (Å²) in [6.45, 7) is 2.86. The molecule has 0 radical (unpaired) electrons. The van der Waals surface area contributed by atoms with E-state index in [-0.39, 0.29) is 6.54 Å². The smallest absolute Gasteiger partial charge is 0.219 e. The molecule has 5 heteroatoms. The quantitative estimate of drug-likeness (QED) is 0.911. The summed E-state index contributed by atoms with van der Waals surface area (Å²) in [5, 5.41) is 0.543. The molecule has 1 aromatic carbocycles. The molecule has 1 heterocycles. The first-order valence-corrected chi connectivity index (χ1v) is 6.37. The zero-order valence-corrected chi connectivity index (χ0v) is 11.4. The molecule has 0 spiro atoms. The van der Waals surface area contributed by atoms with Gasteiger partial charge in [0.25, 0.3) is 0 Å². The molecule has 0 fully saturated rings. The molecule has 0 aliphatic heterocycles. The zero-order chi connectivity index (χ0) is 13.7. The lowest BCUT2D eigenvalue weighted by Gasteiger charge is -2.08. The van der Waals surface area contributed by atoms with E-state index in [0.717, 1.165) is 5.75 Å². The minimum absolute atomic E-state index is 0.277. The number of rotatable bonds is 5. The highest BCUT2D eigenvalue weighted by atomic mass is 35.5. The van der Waals surface area contributed by atoms with Gasteiger partial charge in [0, 0.05) is 12.6 Å². The number of nitrogens with zero attached hydrogens (tertiary/aromatic N) is 1. The summed E-state index contributed by atoms with van der Waals surface area (Å²) < 4.78 is 11.0. The van der Waals surface area contributed by atoms with Crippen molar-refractivity contribution in [2.45, 2.75) is 13.5 Å². The van der Waals surface area contributed by atoms with E-state index in [1.165, 1.54) is 0 Å². The average Bonchev–Trinajstić information content (AvgIpc) is 2.43. The van der Waals surface area contributed by atoms with Gasteiger partial charge in [-0.2, -0.15) is 0 Å². The van der Waals surface area contributed by atoms with Crippen LogP contribution in [0.3, 0.4) is 0 Å². The van der Waals surface area contributed by atoms with Crippen LogP contribution in [-0.2, 0) is 6.54 Å². The first kappa shape index (κ1) is 13.6. The van der Waals surface area contributed by atoms with E-state index >= 15 is 0 Å². The van der Waals surface area contributed by atoms with Crippen molar-refractivity contribution >= 4 is 11.6 Å². The average molecular weight is 279 g/mol. The van der Waals surface area contributed by atoms with Crippen LogP contribution < -0.4 is 15.2 Å². The van der Waals surface area contributed by atoms with Gasteiger partial charge in [-0.3, -0.25) is 0 Å². The van der Waals surface area contributed by atoms with Crippen molar-refractivity contribution < 1.29 is 9.47 Å². The molecule has 2 aromatic rings. The van der Waals surface area contributed by atoms with Crippen LogP contribution in [0.2, 0.25) is 5.02 Å². The Bertz CT molecular complexity index is 544. The molecule has 0 amide bonds. The topological polar surface area (TPSA) is 57.4 Å². The zero-order valence-electron chi connectivity index (χ0n) is 10.6. The molecule has 4 nitrogen and oxygen atoms in total. The molecule has 0 aliphatic rings. The van der Waals surface area contributed by atoms with Gasteiger partial charge in [-0.15, -0.1) is 0 Å². The maximum atomic E-state index is 5.94. The van der Waals surface area contributed by atoms with Crippen LogP contribution in [0.4, 0.5) is 0 Å². The summed E-state index contributed by atoms with van der Waals surface area (Å²) in [6.07, 6.45) is 0. The first-order valence-electron chi connectivity index (χ1n) is 5.99. The standard InChI is InChI=1S/C14H15ClN2O2/c1-2-18-10-3-5-11(6-4-10)19-14-8-7-12(15)13(9-16)17-14/h3-8H,2,9,16H2,1H3. The monoisotopic (exact) mass is 278 g/mol. The normalized spacial score (nSPS) is 10.3. The third kappa shape index (κ3) is 3.59. The number of hydrogen-bond donors (Lipinski definition) is 1. The van der Waals surface area contributed by atoms with Crippen molar-refractivity contribution in [3.05, 3.63) is 47.1 Å². The second kappa shape index (κ2) is 6.41. The van der Waals surface area contributed by atoms with Gasteiger partial charge in [0.2, 0.25) is 5.88 Å². The van der Waals surface area contributed by atoms with Crippen LogP contribution in [0, 0.1) is 0 Å². The van der Waals surface area contributed by atoms with E-state index in [4.69, 9.17) is 26.8 Å². The lowest BCUT2D eigenvalue weighted by molar-refractivity contribution is 0.339. The van der Waals surface area contributed by atoms with Gasteiger partial charge in [0.1, 0.15) is 11.5 Å². The fraction of sp³-hybridized carbons (Fsp3) is 0.214. The number of halogens is 1. The van der Waals surface area contributed by atoms with Crippen LogP contribution in [0.5, 0.6) is 17.4 Å². The minimum Gasteiger partial charge on any atom is -0.494 e. The Morgan fingerprint density at radius 3 is 2.42 bits per heavy atom. The third-order valence-electron chi connectivity index (χ3n) is 2.44. The summed E-state index contributed by atoms with van der Waals surface area (Å²) in [6, 6.07) is 10.8. The molecule has 2 N–H and O–H groups in total. The Hall–Kier alpha value is -1.78. The summed E-state index contributed by atoms with van der Waals surface area (Å²) in [7, 11) is 0. The van der Waals surface area contributed by atoms with E-state index < -0.39 is 0 Å². The van der Waals surface area contributed by atoms with Gasteiger partial charge >= 0.3 is 0 Å². The molecule has 0 bridgehead atoms. The molecule has 0 saturated carbocycles. The van der Waals surface area contributed by atoms with E-state index in [1.807, 2.05) is 31.2 Å². The fourth-order valence-corrected chi connectivity index (χ4v) is 1.74. The Morgan fingerprint density at radius 1 is 1.11 bits per heavy atom. The van der Waals surface area contributed by atoms with Gasteiger partial charge in [-0.25, -0.2) is 4.98 Å². The van der Waals surface area contributed by atoms with Gasteiger partial charge in [0.05, 0.1) is 17.3 Å². The summed E-state index contributed by atoms with van der Waals surface area (Å²) >= 11 is 5.94. The number of aromatic nitrogens is 1. The van der Waals surface area contributed by atoms with E-state index in [0.29, 0.717) is 29.0 Å². The Labute approximate surface area is 117 Å². The lowest BCUT2D eigenvalue weighted by Crippen LogP contribution is -2.01. The fourth-order valence-electron chi connectivity index (χ4n) is 1.56. The number of pyridine rings is 1. The highest BCUT2D eigenvalue weighted by Gasteiger charge is 2.04.